The third kappa shape index (κ3) is 2.94. The van der Waals surface area contributed by atoms with Crippen LogP contribution < -0.4 is 15.2 Å². The van der Waals surface area contributed by atoms with Crippen molar-refractivity contribution < 1.29 is 13.2 Å². The first-order valence-electron chi connectivity index (χ1n) is 5.98. The monoisotopic (exact) mass is 295 g/mol. The number of aromatic nitrogens is 1. The largest absolute Gasteiger partial charge is 0.497 e. The van der Waals surface area contributed by atoms with Gasteiger partial charge >= 0.3 is 0 Å². The van der Waals surface area contributed by atoms with Crippen molar-refractivity contribution in [1.29, 1.82) is 0 Å². The van der Waals surface area contributed by atoms with Gasteiger partial charge in [-0.25, -0.2) is 8.42 Å². The number of methoxy groups -OCH3 is 1. The van der Waals surface area contributed by atoms with Crippen molar-refractivity contribution in [2.45, 2.75) is 11.4 Å². The molecular formula is C13H17N3O3S. The minimum atomic E-state index is -3.61. The molecule has 1 aromatic carbocycles. The third-order valence-electron chi connectivity index (χ3n) is 2.94. The number of ether oxygens (including phenoxy) is 1. The fourth-order valence-corrected chi connectivity index (χ4v) is 2.95. The molecule has 7 heteroatoms. The molecule has 20 heavy (non-hydrogen) atoms. The highest BCUT2D eigenvalue weighted by Gasteiger charge is 2.17. The van der Waals surface area contributed by atoms with Crippen LogP contribution >= 0.6 is 0 Å². The van der Waals surface area contributed by atoms with Crippen LogP contribution in [0.3, 0.4) is 0 Å². The first-order chi connectivity index (χ1) is 9.46. The number of nitrogens with one attached hydrogen (secondary N) is 1. The van der Waals surface area contributed by atoms with E-state index in [1.165, 1.54) is 6.20 Å². The van der Waals surface area contributed by atoms with E-state index >= 15 is 0 Å². The second-order valence-corrected chi connectivity index (χ2v) is 6.00. The summed E-state index contributed by atoms with van der Waals surface area (Å²) in [5, 5.41) is 0. The van der Waals surface area contributed by atoms with Crippen LogP contribution in [-0.4, -0.2) is 20.1 Å². The molecular weight excluding hydrogens is 278 g/mol. The van der Waals surface area contributed by atoms with E-state index in [-0.39, 0.29) is 11.4 Å². The Morgan fingerprint density at radius 2 is 1.95 bits per heavy atom. The van der Waals surface area contributed by atoms with Gasteiger partial charge in [-0.15, -0.1) is 0 Å². The lowest BCUT2D eigenvalue weighted by Crippen LogP contribution is -2.12. The molecule has 0 unspecified atom stereocenters. The Morgan fingerprint density at radius 1 is 1.30 bits per heavy atom. The molecule has 2 aromatic rings. The molecule has 0 aliphatic rings. The molecule has 108 valence electrons. The van der Waals surface area contributed by atoms with Gasteiger partial charge in [-0.2, -0.15) is 0 Å². The Hall–Kier alpha value is -1.99. The molecule has 0 aliphatic heterocycles. The van der Waals surface area contributed by atoms with E-state index < -0.39 is 10.0 Å². The van der Waals surface area contributed by atoms with Crippen LogP contribution in [0, 0.1) is 0 Å². The molecule has 3 N–H and O–H groups in total. The molecule has 2 rings (SSSR count). The summed E-state index contributed by atoms with van der Waals surface area (Å²) in [6, 6.07) is 8.22. The third-order valence-corrected chi connectivity index (χ3v) is 4.29. The number of rotatable bonds is 5. The number of anilines is 1. The fraction of sp³-hybridized carbons (Fsp3) is 0.231. The average molecular weight is 295 g/mol. The maximum atomic E-state index is 12.2. The van der Waals surface area contributed by atoms with Gasteiger partial charge in [0.15, 0.2) is 0 Å². The first kappa shape index (κ1) is 14.4. The molecule has 0 spiro atoms. The van der Waals surface area contributed by atoms with E-state index in [4.69, 9.17) is 10.5 Å². The highest BCUT2D eigenvalue weighted by atomic mass is 32.2. The van der Waals surface area contributed by atoms with Crippen molar-refractivity contribution in [1.82, 2.24) is 4.57 Å². The normalized spacial score (nSPS) is 11.3. The number of nitrogens with two attached hydrogens (primary N) is 1. The Kier molecular flexibility index (Phi) is 4.01. The fourth-order valence-electron chi connectivity index (χ4n) is 1.80. The highest BCUT2D eigenvalue weighted by Crippen LogP contribution is 2.20. The van der Waals surface area contributed by atoms with Crippen molar-refractivity contribution >= 4 is 15.7 Å². The molecule has 0 fully saturated rings. The van der Waals surface area contributed by atoms with E-state index in [9.17, 15) is 8.42 Å². The predicted octanol–water partition coefficient (Wildman–Crippen LogP) is 1.29. The van der Waals surface area contributed by atoms with E-state index in [0.29, 0.717) is 11.4 Å². The van der Waals surface area contributed by atoms with Gasteiger partial charge in [0, 0.05) is 31.2 Å². The van der Waals surface area contributed by atoms with Crippen molar-refractivity contribution in [3.05, 3.63) is 42.2 Å². The lowest BCUT2D eigenvalue weighted by molar-refractivity contribution is 0.415. The number of hydrogen-bond acceptors (Lipinski definition) is 4. The van der Waals surface area contributed by atoms with Gasteiger partial charge < -0.3 is 15.0 Å². The van der Waals surface area contributed by atoms with Crippen LogP contribution in [0.4, 0.5) is 5.69 Å². The molecule has 0 amide bonds. The SMILES string of the molecule is COc1ccc(NS(=O)(=O)c2cc(CN)n(C)c2)cc1. The standard InChI is InChI=1S/C13H17N3O3S/c1-16-9-13(7-11(16)8-14)20(17,18)15-10-3-5-12(19-2)6-4-10/h3-7,9,15H,8,14H2,1-2H3. The zero-order valence-electron chi connectivity index (χ0n) is 11.3. The highest BCUT2D eigenvalue weighted by molar-refractivity contribution is 7.92. The van der Waals surface area contributed by atoms with E-state index in [0.717, 1.165) is 5.69 Å². The van der Waals surface area contributed by atoms with Crippen LogP contribution in [0.25, 0.3) is 0 Å². The molecule has 1 heterocycles. The van der Waals surface area contributed by atoms with Gasteiger partial charge in [-0.05, 0) is 30.3 Å². The molecule has 1 aromatic heterocycles. The van der Waals surface area contributed by atoms with E-state index in [1.54, 1.807) is 49.1 Å². The molecule has 0 aliphatic carbocycles. The summed E-state index contributed by atoms with van der Waals surface area (Å²) in [6.07, 6.45) is 1.54. The summed E-state index contributed by atoms with van der Waals surface area (Å²) in [5.74, 6) is 0.665. The summed E-state index contributed by atoms with van der Waals surface area (Å²) in [4.78, 5) is 0.191. The topological polar surface area (TPSA) is 86.3 Å². The van der Waals surface area contributed by atoms with Crippen molar-refractivity contribution in [2.24, 2.45) is 12.8 Å². The number of sulfonamides is 1. The van der Waals surface area contributed by atoms with Crippen molar-refractivity contribution in [3.63, 3.8) is 0 Å². The lowest BCUT2D eigenvalue weighted by Gasteiger charge is -2.07. The summed E-state index contributed by atoms with van der Waals surface area (Å²) < 4.78 is 33.7. The number of nitrogens with zero attached hydrogens (tertiary/aromatic N) is 1. The summed E-state index contributed by atoms with van der Waals surface area (Å²) in [7, 11) is -0.300. The average Bonchev–Trinajstić information content (AvgIpc) is 2.81. The second-order valence-electron chi connectivity index (χ2n) is 4.32. The number of benzene rings is 1. The maximum Gasteiger partial charge on any atom is 0.263 e. The van der Waals surface area contributed by atoms with Crippen LogP contribution in [-0.2, 0) is 23.6 Å². The van der Waals surface area contributed by atoms with Crippen LogP contribution in [0.1, 0.15) is 5.69 Å². The van der Waals surface area contributed by atoms with Gasteiger partial charge in [0.25, 0.3) is 10.0 Å². The predicted molar refractivity (Wildman–Crippen MR) is 77.1 cm³/mol. The Bertz CT molecular complexity index is 690. The Balaban J connectivity index is 2.25. The minimum Gasteiger partial charge on any atom is -0.497 e. The quantitative estimate of drug-likeness (QED) is 0.870. The summed E-state index contributed by atoms with van der Waals surface area (Å²) in [5.41, 5.74) is 6.77. The zero-order valence-corrected chi connectivity index (χ0v) is 12.1. The maximum absolute atomic E-state index is 12.2. The Morgan fingerprint density at radius 3 is 2.45 bits per heavy atom. The van der Waals surface area contributed by atoms with Crippen molar-refractivity contribution in [2.75, 3.05) is 11.8 Å². The van der Waals surface area contributed by atoms with Gasteiger partial charge in [0.05, 0.1) is 7.11 Å². The number of aryl methyl sites for hydroxylation is 1. The molecule has 6 nitrogen and oxygen atoms in total. The molecule has 0 bridgehead atoms. The van der Waals surface area contributed by atoms with E-state index in [2.05, 4.69) is 4.72 Å². The molecule has 0 atom stereocenters. The smallest absolute Gasteiger partial charge is 0.263 e. The molecule has 0 radical (unpaired) electrons. The van der Waals surface area contributed by atoms with Crippen LogP contribution in [0.15, 0.2) is 41.4 Å². The van der Waals surface area contributed by atoms with E-state index in [1.807, 2.05) is 0 Å². The van der Waals surface area contributed by atoms with Crippen molar-refractivity contribution in [3.8, 4) is 5.75 Å². The molecule has 0 saturated heterocycles. The minimum absolute atomic E-state index is 0.191. The van der Waals surface area contributed by atoms with Crippen LogP contribution in [0.5, 0.6) is 5.75 Å². The zero-order chi connectivity index (χ0) is 14.8. The van der Waals surface area contributed by atoms with Gasteiger partial charge in [0.1, 0.15) is 10.6 Å². The van der Waals surface area contributed by atoms with Gasteiger partial charge in [-0.3, -0.25) is 4.72 Å². The summed E-state index contributed by atoms with van der Waals surface area (Å²) in [6.45, 7) is 0.286. The lowest BCUT2D eigenvalue weighted by atomic mass is 10.3. The second kappa shape index (κ2) is 5.56. The Labute approximate surface area is 118 Å². The molecule has 0 saturated carbocycles. The first-order valence-corrected chi connectivity index (χ1v) is 7.47. The van der Waals surface area contributed by atoms with Crippen LogP contribution in [0.2, 0.25) is 0 Å². The van der Waals surface area contributed by atoms with Gasteiger partial charge in [-0.1, -0.05) is 0 Å². The van der Waals surface area contributed by atoms with Gasteiger partial charge in [0.2, 0.25) is 0 Å². The number of hydrogen-bond donors (Lipinski definition) is 2. The summed E-state index contributed by atoms with van der Waals surface area (Å²) >= 11 is 0.